The van der Waals surface area contributed by atoms with E-state index in [4.69, 9.17) is 9.72 Å². The topological polar surface area (TPSA) is 47.4 Å². The van der Waals surface area contributed by atoms with Crippen molar-refractivity contribution in [1.82, 2.24) is 14.5 Å². The van der Waals surface area contributed by atoms with E-state index in [9.17, 15) is 4.79 Å². The number of carbonyl (C=O) groups excluding carboxylic acids is 1. The van der Waals surface area contributed by atoms with Crippen LogP contribution in [-0.2, 0) is 4.74 Å². The Morgan fingerprint density at radius 2 is 1.76 bits per heavy atom. The lowest BCUT2D eigenvalue weighted by Crippen LogP contribution is -2.42. The van der Waals surface area contributed by atoms with Crippen molar-refractivity contribution in [2.24, 2.45) is 5.92 Å². The zero-order valence-corrected chi connectivity index (χ0v) is 18.7. The molecule has 6 rings (SSSR count). The van der Waals surface area contributed by atoms with Gasteiger partial charge >= 0.3 is 0 Å². The largest absolute Gasteiger partial charge is 0.381 e. The molecule has 33 heavy (non-hydrogen) atoms. The summed E-state index contributed by atoms with van der Waals surface area (Å²) in [7, 11) is 0. The summed E-state index contributed by atoms with van der Waals surface area (Å²) in [6.45, 7) is 4.17. The summed E-state index contributed by atoms with van der Waals surface area (Å²) < 4.78 is 7.97. The van der Waals surface area contributed by atoms with Crippen molar-refractivity contribution in [1.29, 1.82) is 0 Å². The van der Waals surface area contributed by atoms with Crippen LogP contribution in [0.3, 0.4) is 0 Å². The molecule has 0 saturated carbocycles. The first-order valence-electron chi connectivity index (χ1n) is 11.7. The van der Waals surface area contributed by atoms with Crippen LogP contribution in [0.4, 0.5) is 0 Å². The smallest absolute Gasteiger partial charge is 0.254 e. The minimum absolute atomic E-state index is 0.0964. The van der Waals surface area contributed by atoms with Gasteiger partial charge in [-0.25, -0.2) is 4.98 Å². The Hall–Kier alpha value is -3.44. The summed E-state index contributed by atoms with van der Waals surface area (Å²) in [4.78, 5) is 20.6. The molecule has 0 spiro atoms. The van der Waals surface area contributed by atoms with Gasteiger partial charge in [-0.1, -0.05) is 48.5 Å². The molecule has 0 aliphatic carbocycles. The van der Waals surface area contributed by atoms with Crippen molar-refractivity contribution in [3.8, 4) is 5.69 Å². The van der Waals surface area contributed by atoms with Gasteiger partial charge in [0.25, 0.3) is 5.91 Å². The van der Waals surface area contributed by atoms with Crippen LogP contribution in [0.2, 0.25) is 0 Å². The number of para-hydroxylation sites is 1. The zero-order valence-electron chi connectivity index (χ0n) is 18.7. The molecule has 3 aromatic carbocycles. The van der Waals surface area contributed by atoms with Crippen molar-refractivity contribution < 1.29 is 9.53 Å². The monoisotopic (exact) mass is 437 g/mol. The maximum Gasteiger partial charge on any atom is 0.254 e. The van der Waals surface area contributed by atoms with Crippen LogP contribution >= 0.6 is 0 Å². The van der Waals surface area contributed by atoms with E-state index in [1.165, 1.54) is 5.56 Å². The highest BCUT2D eigenvalue weighted by Crippen LogP contribution is 2.41. The maximum absolute atomic E-state index is 13.7. The molecule has 3 atom stereocenters. The summed E-state index contributed by atoms with van der Waals surface area (Å²) >= 11 is 0. The fraction of sp³-hybridized carbons (Fsp3) is 0.286. The van der Waals surface area contributed by atoms with Crippen molar-refractivity contribution in [3.05, 3.63) is 95.8 Å². The highest BCUT2D eigenvalue weighted by Gasteiger charge is 2.46. The van der Waals surface area contributed by atoms with E-state index >= 15 is 0 Å². The summed E-state index contributed by atoms with van der Waals surface area (Å²) in [6, 6.07) is 26.9. The van der Waals surface area contributed by atoms with Gasteiger partial charge in [0, 0.05) is 42.3 Å². The second-order valence-corrected chi connectivity index (χ2v) is 9.10. The highest BCUT2D eigenvalue weighted by atomic mass is 16.5. The molecule has 0 bridgehead atoms. The van der Waals surface area contributed by atoms with E-state index in [1.807, 2.05) is 49.4 Å². The van der Waals surface area contributed by atoms with Gasteiger partial charge in [0.2, 0.25) is 0 Å². The van der Waals surface area contributed by atoms with Crippen molar-refractivity contribution in [2.45, 2.75) is 25.3 Å². The number of aryl methyl sites for hydroxylation is 1. The van der Waals surface area contributed by atoms with Crippen LogP contribution < -0.4 is 0 Å². The zero-order chi connectivity index (χ0) is 22.4. The Bertz CT molecular complexity index is 1300. The highest BCUT2D eigenvalue weighted by molar-refractivity contribution is 5.98. The SMILES string of the molecule is Cc1nc2cc(C(=O)N3CC(c4ccccc4)C4COCCC43)ccc2n1-c1ccccc1. The minimum Gasteiger partial charge on any atom is -0.381 e. The minimum atomic E-state index is 0.0964. The molecular formula is C28H27N3O2. The normalized spacial score (nSPS) is 22.5. The van der Waals surface area contributed by atoms with Gasteiger partial charge in [0.05, 0.1) is 17.6 Å². The molecule has 5 heteroatoms. The van der Waals surface area contributed by atoms with Gasteiger partial charge in [-0.2, -0.15) is 0 Å². The third-order valence-electron chi connectivity index (χ3n) is 7.25. The van der Waals surface area contributed by atoms with E-state index in [0.29, 0.717) is 30.6 Å². The fourth-order valence-corrected chi connectivity index (χ4v) is 5.69. The van der Waals surface area contributed by atoms with E-state index < -0.39 is 0 Å². The molecule has 2 fully saturated rings. The molecule has 0 radical (unpaired) electrons. The average Bonchev–Trinajstić information content (AvgIpc) is 3.41. The van der Waals surface area contributed by atoms with E-state index in [2.05, 4.69) is 45.9 Å². The van der Waals surface area contributed by atoms with Gasteiger partial charge in [-0.15, -0.1) is 0 Å². The number of hydrogen-bond donors (Lipinski definition) is 0. The summed E-state index contributed by atoms with van der Waals surface area (Å²) in [6.07, 6.45) is 0.893. The number of fused-ring (bicyclic) bond motifs is 2. The first-order chi connectivity index (χ1) is 16.2. The number of nitrogens with zero attached hydrogens (tertiary/aromatic N) is 3. The van der Waals surface area contributed by atoms with Crippen LogP contribution in [0.15, 0.2) is 78.9 Å². The molecule has 0 N–H and O–H groups in total. The first kappa shape index (κ1) is 20.2. The lowest BCUT2D eigenvalue weighted by molar-refractivity contribution is 0.0189. The number of likely N-dealkylation sites (tertiary alicyclic amines) is 1. The average molecular weight is 438 g/mol. The Kier molecular flexibility index (Phi) is 4.99. The molecule has 3 unspecified atom stereocenters. The second kappa shape index (κ2) is 8.16. The second-order valence-electron chi connectivity index (χ2n) is 9.10. The van der Waals surface area contributed by atoms with Crippen LogP contribution in [-0.4, -0.2) is 46.2 Å². The van der Waals surface area contributed by atoms with Crippen LogP contribution in [0.25, 0.3) is 16.7 Å². The predicted octanol–water partition coefficient (Wildman–Crippen LogP) is 4.98. The molecule has 3 heterocycles. The summed E-state index contributed by atoms with van der Waals surface area (Å²) in [5.74, 6) is 1.66. The standard InChI is InChI=1S/C28H27N3O2/c1-19-29-25-16-21(12-13-27(25)31(19)22-10-6-3-7-11-22)28(32)30-17-23(20-8-4-2-5-9-20)24-18-33-15-14-26(24)30/h2-13,16,23-24,26H,14-15,17-18H2,1H3. The van der Waals surface area contributed by atoms with Crippen molar-refractivity contribution in [2.75, 3.05) is 19.8 Å². The Labute approximate surface area is 193 Å². The van der Waals surface area contributed by atoms with Crippen molar-refractivity contribution >= 4 is 16.9 Å². The Morgan fingerprint density at radius 1 is 1.00 bits per heavy atom. The number of rotatable bonds is 3. The molecular weight excluding hydrogens is 410 g/mol. The van der Waals surface area contributed by atoms with E-state index in [-0.39, 0.29) is 11.9 Å². The third-order valence-corrected chi connectivity index (χ3v) is 7.25. The van der Waals surface area contributed by atoms with Gasteiger partial charge in [0.1, 0.15) is 5.82 Å². The maximum atomic E-state index is 13.7. The summed E-state index contributed by atoms with van der Waals surface area (Å²) in [5.41, 5.74) is 4.94. The van der Waals surface area contributed by atoms with E-state index in [1.54, 1.807) is 0 Å². The number of amides is 1. The van der Waals surface area contributed by atoms with E-state index in [0.717, 1.165) is 35.5 Å². The lowest BCUT2D eigenvalue weighted by Gasteiger charge is -2.32. The van der Waals surface area contributed by atoms with Gasteiger partial charge in [-0.3, -0.25) is 9.36 Å². The number of benzene rings is 3. The number of aromatic nitrogens is 2. The molecule has 2 aliphatic rings. The molecule has 166 valence electrons. The molecule has 2 saturated heterocycles. The number of imidazole rings is 1. The van der Waals surface area contributed by atoms with Crippen LogP contribution in [0.5, 0.6) is 0 Å². The Morgan fingerprint density at radius 3 is 2.55 bits per heavy atom. The van der Waals surface area contributed by atoms with Crippen molar-refractivity contribution in [3.63, 3.8) is 0 Å². The van der Waals surface area contributed by atoms with Crippen LogP contribution in [0.1, 0.15) is 34.1 Å². The molecule has 1 aromatic heterocycles. The molecule has 4 aromatic rings. The third kappa shape index (κ3) is 3.44. The van der Waals surface area contributed by atoms with Gasteiger partial charge in [0.15, 0.2) is 0 Å². The number of hydrogen-bond acceptors (Lipinski definition) is 3. The molecule has 1 amide bonds. The fourth-order valence-electron chi connectivity index (χ4n) is 5.69. The molecule has 2 aliphatic heterocycles. The van der Waals surface area contributed by atoms with Gasteiger partial charge in [-0.05, 0) is 49.2 Å². The number of ether oxygens (including phenoxy) is 1. The Balaban J connectivity index is 1.34. The first-order valence-corrected chi connectivity index (χ1v) is 11.7. The summed E-state index contributed by atoms with van der Waals surface area (Å²) in [5, 5.41) is 0. The number of carbonyl (C=O) groups is 1. The van der Waals surface area contributed by atoms with Gasteiger partial charge < -0.3 is 9.64 Å². The van der Waals surface area contributed by atoms with Crippen LogP contribution in [0, 0.1) is 12.8 Å². The quantitative estimate of drug-likeness (QED) is 0.454. The predicted molar refractivity (Wildman–Crippen MR) is 129 cm³/mol. The molecule has 5 nitrogen and oxygen atoms in total. The lowest BCUT2D eigenvalue weighted by atomic mass is 9.84.